The van der Waals surface area contributed by atoms with Gasteiger partial charge in [-0.3, -0.25) is 4.79 Å². The van der Waals surface area contributed by atoms with Gasteiger partial charge in [0.15, 0.2) is 0 Å². The number of nitrogens with zero attached hydrogens (tertiary/aromatic N) is 4. The maximum Gasteiger partial charge on any atom is 0.291 e. The molecule has 174 valence electrons. The van der Waals surface area contributed by atoms with Crippen molar-refractivity contribution in [2.24, 2.45) is 0 Å². The highest BCUT2D eigenvalue weighted by Crippen LogP contribution is 2.23. The predicted octanol–water partition coefficient (Wildman–Crippen LogP) is 3.41. The molecule has 1 fully saturated rings. The summed E-state index contributed by atoms with van der Waals surface area (Å²) >= 11 is 0. The third kappa shape index (κ3) is 4.84. The second-order valence-corrected chi connectivity index (χ2v) is 10.5. The van der Waals surface area contributed by atoms with Gasteiger partial charge in [-0.2, -0.15) is 4.31 Å². The normalized spacial score (nSPS) is 14.7. The van der Waals surface area contributed by atoms with Crippen LogP contribution in [0.15, 0.2) is 53.4 Å². The summed E-state index contributed by atoms with van der Waals surface area (Å²) in [5, 5.41) is 7.26. The number of aromatic nitrogens is 3. The van der Waals surface area contributed by atoms with Crippen molar-refractivity contribution in [1.29, 1.82) is 0 Å². The SMILES string of the molecule is Cc1nc(C(=O)NCc2ccc(S(=O)(=O)N3CCCC3)cc2)nn1-c1ccccc1C(C)C. The molecule has 0 radical (unpaired) electrons. The first-order valence-electron chi connectivity index (χ1n) is 11.2. The molecule has 0 bridgehead atoms. The van der Waals surface area contributed by atoms with Crippen molar-refractivity contribution in [3.63, 3.8) is 0 Å². The van der Waals surface area contributed by atoms with E-state index in [1.807, 2.05) is 25.1 Å². The highest BCUT2D eigenvalue weighted by atomic mass is 32.2. The van der Waals surface area contributed by atoms with Gasteiger partial charge >= 0.3 is 0 Å². The lowest BCUT2D eigenvalue weighted by Gasteiger charge is -2.15. The molecule has 2 heterocycles. The molecular formula is C24H29N5O3S. The molecule has 0 atom stereocenters. The van der Waals surface area contributed by atoms with Crippen molar-refractivity contribution < 1.29 is 13.2 Å². The summed E-state index contributed by atoms with van der Waals surface area (Å²) in [5.74, 6) is 0.649. The maximum absolute atomic E-state index is 12.7. The van der Waals surface area contributed by atoms with E-state index in [1.165, 1.54) is 4.31 Å². The zero-order valence-electron chi connectivity index (χ0n) is 19.2. The quantitative estimate of drug-likeness (QED) is 0.574. The van der Waals surface area contributed by atoms with Crippen LogP contribution in [-0.4, -0.2) is 46.5 Å². The van der Waals surface area contributed by atoms with Gasteiger partial charge in [0.2, 0.25) is 15.8 Å². The van der Waals surface area contributed by atoms with E-state index in [1.54, 1.807) is 28.9 Å². The Labute approximate surface area is 194 Å². The van der Waals surface area contributed by atoms with E-state index in [2.05, 4.69) is 35.3 Å². The average molecular weight is 468 g/mol. The summed E-state index contributed by atoms with van der Waals surface area (Å²) in [6.45, 7) is 7.43. The first-order valence-corrected chi connectivity index (χ1v) is 12.6. The monoisotopic (exact) mass is 467 g/mol. The minimum absolute atomic E-state index is 0.0966. The molecule has 0 unspecified atom stereocenters. The fourth-order valence-electron chi connectivity index (χ4n) is 4.00. The number of carbonyl (C=O) groups is 1. The Kier molecular flexibility index (Phi) is 6.62. The number of rotatable bonds is 7. The molecule has 1 aliphatic heterocycles. The fourth-order valence-corrected chi connectivity index (χ4v) is 5.52. The van der Waals surface area contributed by atoms with Crippen LogP contribution in [0.25, 0.3) is 5.69 Å². The molecule has 4 rings (SSSR count). The maximum atomic E-state index is 12.7. The average Bonchev–Trinajstić information content (AvgIpc) is 3.48. The largest absolute Gasteiger partial charge is 0.345 e. The lowest BCUT2D eigenvalue weighted by molar-refractivity contribution is 0.0940. The Morgan fingerprint density at radius 2 is 1.73 bits per heavy atom. The second-order valence-electron chi connectivity index (χ2n) is 8.55. The van der Waals surface area contributed by atoms with E-state index in [4.69, 9.17) is 0 Å². The molecule has 2 aromatic carbocycles. The summed E-state index contributed by atoms with van der Waals surface area (Å²) < 4.78 is 28.5. The van der Waals surface area contributed by atoms with Crippen LogP contribution in [0.1, 0.15) is 60.2 Å². The van der Waals surface area contributed by atoms with Crippen LogP contribution in [0.2, 0.25) is 0 Å². The molecule has 9 heteroatoms. The first kappa shape index (κ1) is 23.1. The van der Waals surface area contributed by atoms with Gasteiger partial charge in [-0.1, -0.05) is 44.2 Å². The van der Waals surface area contributed by atoms with Crippen LogP contribution in [0, 0.1) is 6.92 Å². The number of benzene rings is 2. The van der Waals surface area contributed by atoms with Crippen LogP contribution in [0.4, 0.5) is 0 Å². The Morgan fingerprint density at radius 3 is 2.39 bits per heavy atom. The number of amides is 1. The third-order valence-corrected chi connectivity index (χ3v) is 7.75. The molecule has 8 nitrogen and oxygen atoms in total. The Bertz CT molecular complexity index is 1240. The highest BCUT2D eigenvalue weighted by molar-refractivity contribution is 7.89. The molecule has 33 heavy (non-hydrogen) atoms. The van der Waals surface area contributed by atoms with Crippen LogP contribution >= 0.6 is 0 Å². The zero-order chi connectivity index (χ0) is 23.6. The topological polar surface area (TPSA) is 97.2 Å². The number of sulfonamides is 1. The van der Waals surface area contributed by atoms with Gasteiger partial charge in [-0.15, -0.1) is 5.10 Å². The molecule has 3 aromatic rings. The minimum atomic E-state index is -3.44. The predicted molar refractivity (Wildman–Crippen MR) is 126 cm³/mol. The summed E-state index contributed by atoms with van der Waals surface area (Å²) in [6.07, 6.45) is 1.80. The number of hydrogen-bond acceptors (Lipinski definition) is 5. The Morgan fingerprint density at radius 1 is 1.06 bits per heavy atom. The van der Waals surface area contributed by atoms with Crippen LogP contribution in [-0.2, 0) is 16.6 Å². The number of hydrogen-bond donors (Lipinski definition) is 1. The Hall–Kier alpha value is -3.04. The van der Waals surface area contributed by atoms with Crippen molar-refractivity contribution >= 4 is 15.9 Å². The second kappa shape index (κ2) is 9.44. The first-order chi connectivity index (χ1) is 15.8. The van der Waals surface area contributed by atoms with E-state index in [0.717, 1.165) is 29.7 Å². The molecule has 1 N–H and O–H groups in total. The van der Waals surface area contributed by atoms with Gasteiger partial charge in [0.05, 0.1) is 10.6 Å². The van der Waals surface area contributed by atoms with Crippen molar-refractivity contribution in [2.45, 2.75) is 51.0 Å². The molecule has 1 aromatic heterocycles. The standard InChI is InChI=1S/C24H29N5O3S/c1-17(2)21-8-4-5-9-22(21)29-18(3)26-23(27-29)24(30)25-16-19-10-12-20(13-11-19)33(31,32)28-14-6-7-15-28/h4-5,8-13,17H,6-7,14-16H2,1-3H3,(H,25,30). The number of carbonyl (C=O) groups excluding carboxylic acids is 1. The van der Waals surface area contributed by atoms with Gasteiger partial charge in [-0.05, 0) is 55.0 Å². The molecule has 1 amide bonds. The summed E-state index contributed by atoms with van der Waals surface area (Å²) in [5.41, 5.74) is 2.83. The molecule has 0 spiro atoms. The van der Waals surface area contributed by atoms with Crippen LogP contribution in [0.3, 0.4) is 0 Å². The summed E-state index contributed by atoms with van der Waals surface area (Å²) in [4.78, 5) is 17.3. The Balaban J connectivity index is 1.44. The van der Waals surface area contributed by atoms with Gasteiger partial charge in [-0.25, -0.2) is 18.1 Å². The molecular weight excluding hydrogens is 438 g/mol. The van der Waals surface area contributed by atoms with Gasteiger partial charge in [0.25, 0.3) is 5.91 Å². The van der Waals surface area contributed by atoms with Crippen molar-refractivity contribution in [3.05, 3.63) is 71.3 Å². The van der Waals surface area contributed by atoms with Gasteiger partial charge in [0, 0.05) is 19.6 Å². The molecule has 0 aliphatic carbocycles. The van der Waals surface area contributed by atoms with Gasteiger partial charge < -0.3 is 5.32 Å². The molecule has 1 aliphatic rings. The fraction of sp³-hybridized carbons (Fsp3) is 0.375. The lowest BCUT2D eigenvalue weighted by Crippen LogP contribution is -2.28. The zero-order valence-corrected chi connectivity index (χ0v) is 20.0. The summed E-state index contributed by atoms with van der Waals surface area (Å²) in [6, 6.07) is 14.6. The molecule has 0 saturated carbocycles. The van der Waals surface area contributed by atoms with E-state index in [9.17, 15) is 13.2 Å². The minimum Gasteiger partial charge on any atom is -0.345 e. The van der Waals surface area contributed by atoms with Crippen molar-refractivity contribution in [2.75, 3.05) is 13.1 Å². The van der Waals surface area contributed by atoms with Crippen molar-refractivity contribution in [1.82, 2.24) is 24.4 Å². The third-order valence-electron chi connectivity index (χ3n) is 5.84. The van der Waals surface area contributed by atoms with E-state index >= 15 is 0 Å². The lowest BCUT2D eigenvalue weighted by atomic mass is 10.0. The number of nitrogens with one attached hydrogen (secondary N) is 1. The van der Waals surface area contributed by atoms with Gasteiger partial charge in [0.1, 0.15) is 5.82 Å². The van der Waals surface area contributed by atoms with E-state index in [-0.39, 0.29) is 23.2 Å². The van der Waals surface area contributed by atoms with E-state index < -0.39 is 10.0 Å². The van der Waals surface area contributed by atoms with Crippen LogP contribution in [0.5, 0.6) is 0 Å². The van der Waals surface area contributed by atoms with Crippen LogP contribution < -0.4 is 5.32 Å². The number of aryl methyl sites for hydroxylation is 1. The van der Waals surface area contributed by atoms with E-state index in [0.29, 0.717) is 24.8 Å². The summed E-state index contributed by atoms with van der Waals surface area (Å²) in [7, 11) is -3.44. The number of para-hydroxylation sites is 1. The smallest absolute Gasteiger partial charge is 0.291 e. The highest BCUT2D eigenvalue weighted by Gasteiger charge is 2.27. The van der Waals surface area contributed by atoms with Crippen molar-refractivity contribution in [3.8, 4) is 5.69 Å². The molecule has 1 saturated heterocycles.